The van der Waals surface area contributed by atoms with Crippen LogP contribution in [0.5, 0.6) is 0 Å². The Bertz CT molecular complexity index is 230. The van der Waals surface area contributed by atoms with Crippen molar-refractivity contribution >= 4 is 5.91 Å². The molecule has 0 bridgehead atoms. The van der Waals surface area contributed by atoms with E-state index in [1.165, 1.54) is 0 Å². The van der Waals surface area contributed by atoms with Crippen molar-refractivity contribution in [3.8, 4) is 6.07 Å². The number of hydrogen-bond acceptors (Lipinski definition) is 3. The molecule has 1 amide bonds. The minimum atomic E-state index is -0.301. The number of amides is 1. The van der Waals surface area contributed by atoms with Crippen LogP contribution in [0.4, 0.5) is 0 Å². The molecule has 1 aliphatic carbocycles. The standard InChI is InChI=1S/C9H15N3O/c1-7(9(11)13)12(6-2-5-10)8-3-4-8/h7-8H,2-4,6H2,1H3,(H2,11,13). The average Bonchev–Trinajstić information content (AvgIpc) is 2.88. The summed E-state index contributed by atoms with van der Waals surface area (Å²) in [5.41, 5.74) is 5.21. The highest BCUT2D eigenvalue weighted by Crippen LogP contribution is 2.28. The topological polar surface area (TPSA) is 70.1 Å². The third-order valence-electron chi connectivity index (χ3n) is 2.41. The molecule has 1 rings (SSSR count). The molecule has 0 saturated heterocycles. The molecule has 0 aromatic carbocycles. The first-order chi connectivity index (χ1) is 6.16. The monoisotopic (exact) mass is 181 g/mol. The van der Waals surface area contributed by atoms with Crippen LogP contribution in [0.3, 0.4) is 0 Å². The van der Waals surface area contributed by atoms with E-state index in [9.17, 15) is 4.79 Å². The zero-order chi connectivity index (χ0) is 9.84. The number of nitrogens with zero attached hydrogens (tertiary/aromatic N) is 2. The summed E-state index contributed by atoms with van der Waals surface area (Å²) in [7, 11) is 0. The molecule has 13 heavy (non-hydrogen) atoms. The Kier molecular flexibility index (Phi) is 3.26. The van der Waals surface area contributed by atoms with Crippen molar-refractivity contribution in [2.24, 2.45) is 5.73 Å². The van der Waals surface area contributed by atoms with Crippen LogP contribution in [0.15, 0.2) is 0 Å². The zero-order valence-electron chi connectivity index (χ0n) is 7.86. The van der Waals surface area contributed by atoms with Crippen LogP contribution in [0, 0.1) is 11.3 Å². The Hall–Kier alpha value is -1.08. The van der Waals surface area contributed by atoms with Crippen LogP contribution in [0.1, 0.15) is 26.2 Å². The molecule has 0 aromatic rings. The van der Waals surface area contributed by atoms with Gasteiger partial charge in [-0.25, -0.2) is 0 Å². The number of hydrogen-bond donors (Lipinski definition) is 1. The van der Waals surface area contributed by atoms with Crippen LogP contribution in [0.25, 0.3) is 0 Å². The number of nitriles is 1. The number of primary amides is 1. The second kappa shape index (κ2) is 4.24. The summed E-state index contributed by atoms with van der Waals surface area (Å²) < 4.78 is 0. The molecule has 1 aliphatic rings. The molecule has 2 N–H and O–H groups in total. The van der Waals surface area contributed by atoms with E-state index in [0.717, 1.165) is 12.8 Å². The predicted molar refractivity (Wildman–Crippen MR) is 48.6 cm³/mol. The van der Waals surface area contributed by atoms with Crippen LogP contribution >= 0.6 is 0 Å². The second-order valence-electron chi connectivity index (χ2n) is 3.46. The average molecular weight is 181 g/mol. The van der Waals surface area contributed by atoms with Crippen molar-refractivity contribution in [3.63, 3.8) is 0 Å². The molecular weight excluding hydrogens is 166 g/mol. The SMILES string of the molecule is CC(C(N)=O)N(CCC#N)C1CC1. The van der Waals surface area contributed by atoms with E-state index in [1.54, 1.807) is 6.92 Å². The molecule has 0 aromatic heterocycles. The van der Waals surface area contributed by atoms with Gasteiger partial charge in [0.2, 0.25) is 5.91 Å². The van der Waals surface area contributed by atoms with Gasteiger partial charge in [-0.15, -0.1) is 0 Å². The smallest absolute Gasteiger partial charge is 0.234 e. The third-order valence-corrected chi connectivity index (χ3v) is 2.41. The largest absolute Gasteiger partial charge is 0.368 e. The highest BCUT2D eigenvalue weighted by atomic mass is 16.1. The van der Waals surface area contributed by atoms with Crippen molar-refractivity contribution < 1.29 is 4.79 Å². The van der Waals surface area contributed by atoms with Crippen molar-refractivity contribution in [2.45, 2.75) is 38.3 Å². The Labute approximate surface area is 78.3 Å². The first kappa shape index (κ1) is 10.0. The minimum absolute atomic E-state index is 0.235. The van der Waals surface area contributed by atoms with Crippen molar-refractivity contribution in [1.29, 1.82) is 5.26 Å². The van der Waals surface area contributed by atoms with E-state index in [4.69, 9.17) is 11.0 Å². The van der Waals surface area contributed by atoms with Crippen LogP contribution in [-0.4, -0.2) is 29.4 Å². The maximum absolute atomic E-state index is 10.9. The van der Waals surface area contributed by atoms with Gasteiger partial charge in [0.05, 0.1) is 12.1 Å². The summed E-state index contributed by atoms with van der Waals surface area (Å²) in [5, 5.41) is 8.44. The number of carbonyl (C=O) groups is 1. The lowest BCUT2D eigenvalue weighted by atomic mass is 10.2. The van der Waals surface area contributed by atoms with Gasteiger partial charge in [0, 0.05) is 19.0 Å². The molecule has 1 saturated carbocycles. The van der Waals surface area contributed by atoms with Gasteiger partial charge in [0.1, 0.15) is 0 Å². The first-order valence-electron chi connectivity index (χ1n) is 4.59. The highest BCUT2D eigenvalue weighted by Gasteiger charge is 2.33. The molecular formula is C9H15N3O. The molecule has 0 aliphatic heterocycles. The Balaban J connectivity index is 2.46. The van der Waals surface area contributed by atoms with Gasteiger partial charge < -0.3 is 5.73 Å². The summed E-state index contributed by atoms with van der Waals surface area (Å²) in [6.07, 6.45) is 2.72. The van der Waals surface area contributed by atoms with E-state index >= 15 is 0 Å². The molecule has 0 radical (unpaired) electrons. The summed E-state index contributed by atoms with van der Waals surface area (Å²) in [4.78, 5) is 13.0. The predicted octanol–water partition coefficient (Wildman–Crippen LogP) is 0.238. The molecule has 1 fully saturated rings. The molecule has 1 atom stereocenters. The van der Waals surface area contributed by atoms with Crippen LogP contribution in [-0.2, 0) is 4.79 Å². The summed E-state index contributed by atoms with van der Waals surface area (Å²) in [5.74, 6) is -0.301. The van der Waals surface area contributed by atoms with Crippen molar-refractivity contribution in [2.75, 3.05) is 6.54 Å². The number of nitrogens with two attached hydrogens (primary N) is 1. The van der Waals surface area contributed by atoms with Gasteiger partial charge in [0.25, 0.3) is 0 Å². The summed E-state index contributed by atoms with van der Waals surface area (Å²) >= 11 is 0. The van der Waals surface area contributed by atoms with E-state index in [1.807, 2.05) is 4.90 Å². The van der Waals surface area contributed by atoms with E-state index < -0.39 is 0 Å². The third kappa shape index (κ3) is 2.71. The van der Waals surface area contributed by atoms with Crippen molar-refractivity contribution in [1.82, 2.24) is 4.90 Å². The fraction of sp³-hybridized carbons (Fsp3) is 0.778. The van der Waals surface area contributed by atoms with Gasteiger partial charge in [-0.1, -0.05) is 0 Å². The Morgan fingerprint density at radius 1 is 1.77 bits per heavy atom. The van der Waals surface area contributed by atoms with Crippen molar-refractivity contribution in [3.05, 3.63) is 0 Å². The van der Waals surface area contributed by atoms with Gasteiger partial charge in [-0.2, -0.15) is 5.26 Å². The van der Waals surface area contributed by atoms with Gasteiger partial charge in [0.15, 0.2) is 0 Å². The lowest BCUT2D eigenvalue weighted by Crippen LogP contribution is -2.44. The zero-order valence-corrected chi connectivity index (χ0v) is 7.86. The molecule has 1 unspecified atom stereocenters. The highest BCUT2D eigenvalue weighted by molar-refractivity contribution is 5.79. The molecule has 0 spiro atoms. The fourth-order valence-electron chi connectivity index (χ4n) is 1.44. The summed E-state index contributed by atoms with van der Waals surface area (Å²) in [6, 6.07) is 2.33. The molecule has 0 heterocycles. The van der Waals surface area contributed by atoms with Gasteiger partial charge in [-0.3, -0.25) is 9.69 Å². The lowest BCUT2D eigenvalue weighted by Gasteiger charge is -2.25. The van der Waals surface area contributed by atoms with Crippen LogP contribution < -0.4 is 5.73 Å². The van der Waals surface area contributed by atoms with Crippen LogP contribution in [0.2, 0.25) is 0 Å². The number of carbonyl (C=O) groups excluding carboxylic acids is 1. The maximum atomic E-state index is 10.9. The second-order valence-corrected chi connectivity index (χ2v) is 3.46. The quantitative estimate of drug-likeness (QED) is 0.660. The molecule has 4 heteroatoms. The van der Waals surface area contributed by atoms with E-state index in [0.29, 0.717) is 19.0 Å². The number of rotatable bonds is 5. The molecule has 4 nitrogen and oxygen atoms in total. The van der Waals surface area contributed by atoms with E-state index in [-0.39, 0.29) is 11.9 Å². The Morgan fingerprint density at radius 3 is 2.77 bits per heavy atom. The lowest BCUT2D eigenvalue weighted by molar-refractivity contribution is -0.122. The Morgan fingerprint density at radius 2 is 2.38 bits per heavy atom. The fourth-order valence-corrected chi connectivity index (χ4v) is 1.44. The first-order valence-corrected chi connectivity index (χ1v) is 4.59. The van der Waals surface area contributed by atoms with E-state index in [2.05, 4.69) is 6.07 Å². The maximum Gasteiger partial charge on any atom is 0.234 e. The van der Waals surface area contributed by atoms with Gasteiger partial charge in [-0.05, 0) is 19.8 Å². The van der Waals surface area contributed by atoms with Gasteiger partial charge >= 0.3 is 0 Å². The normalized spacial score (nSPS) is 18.2. The minimum Gasteiger partial charge on any atom is -0.368 e. The summed E-state index contributed by atoms with van der Waals surface area (Å²) in [6.45, 7) is 2.46. The molecule has 72 valence electrons.